The summed E-state index contributed by atoms with van der Waals surface area (Å²) in [6.45, 7) is 13.7. The van der Waals surface area contributed by atoms with Crippen molar-refractivity contribution in [1.29, 1.82) is 0 Å². The topological polar surface area (TPSA) is 189 Å². The van der Waals surface area contributed by atoms with Crippen molar-refractivity contribution in [3.05, 3.63) is 12.2 Å². The van der Waals surface area contributed by atoms with Gasteiger partial charge in [0.15, 0.2) is 0 Å². The lowest BCUT2D eigenvalue weighted by Gasteiger charge is -2.13. The number of imide groups is 1. The van der Waals surface area contributed by atoms with Gasteiger partial charge in [-0.3, -0.25) is 24.1 Å². The van der Waals surface area contributed by atoms with Crippen LogP contribution in [-0.2, 0) is 71.3 Å². The average Bonchev–Trinajstić information content (AvgIpc) is 3.44. The van der Waals surface area contributed by atoms with Gasteiger partial charge >= 0.3 is 0 Å². The molecule has 1 aliphatic rings. The van der Waals surface area contributed by atoms with Crippen molar-refractivity contribution in [2.75, 3.05) is 172 Å². The van der Waals surface area contributed by atoms with Crippen LogP contribution in [0.15, 0.2) is 12.2 Å². The third-order valence-corrected chi connectivity index (χ3v) is 6.27. The van der Waals surface area contributed by atoms with Gasteiger partial charge in [-0.05, 0) is 6.42 Å². The Kier molecular flexibility index (Phi) is 34.5. The van der Waals surface area contributed by atoms with Crippen LogP contribution in [0, 0.1) is 0 Å². The molecule has 3 amide bonds. The highest BCUT2D eigenvalue weighted by Crippen LogP contribution is 2.02. The number of carbonyl (C=O) groups is 3. The lowest BCUT2D eigenvalue weighted by molar-refractivity contribution is -0.141. The van der Waals surface area contributed by atoms with Gasteiger partial charge < -0.3 is 57.4 Å². The van der Waals surface area contributed by atoms with Crippen LogP contribution in [-0.4, -0.2) is 194 Å². The highest BCUT2D eigenvalue weighted by atomic mass is 16.7. The summed E-state index contributed by atoms with van der Waals surface area (Å²) in [4.78, 5) is 40.7. The normalized spacial score (nSPS) is 12.8. The standard InChI is InChI=1S/C33H61N3O15/c1-2-5-35-51-29-28-50-27-26-49-25-24-48-23-22-47-21-20-46-19-18-45-17-16-44-15-14-43-13-12-42-11-10-41-9-8-40-7-6-34-31(37)30-36-32(38)3-4-33(36)39/h3-4,35H,2,5-30H2,1H3,(H,34,37). The predicted octanol–water partition coefficient (Wildman–Crippen LogP) is -0.859. The maximum absolute atomic E-state index is 11.8. The number of nitrogens with one attached hydrogen (secondary N) is 2. The van der Waals surface area contributed by atoms with Gasteiger partial charge in [0.25, 0.3) is 11.8 Å². The highest BCUT2D eigenvalue weighted by molar-refractivity contribution is 6.14. The van der Waals surface area contributed by atoms with Gasteiger partial charge in [0, 0.05) is 25.2 Å². The minimum Gasteiger partial charge on any atom is -0.377 e. The first-order chi connectivity index (χ1) is 25.1. The van der Waals surface area contributed by atoms with Crippen LogP contribution in [0.4, 0.5) is 0 Å². The van der Waals surface area contributed by atoms with E-state index in [0.717, 1.165) is 30.0 Å². The molecule has 298 valence electrons. The Morgan fingerprint density at radius 1 is 0.471 bits per heavy atom. The summed E-state index contributed by atoms with van der Waals surface area (Å²) < 4.78 is 59.9. The molecule has 0 atom stereocenters. The third-order valence-electron chi connectivity index (χ3n) is 6.27. The summed E-state index contributed by atoms with van der Waals surface area (Å²) >= 11 is 0. The van der Waals surface area contributed by atoms with Gasteiger partial charge in [0.05, 0.1) is 152 Å². The van der Waals surface area contributed by atoms with Crippen LogP contribution < -0.4 is 10.8 Å². The van der Waals surface area contributed by atoms with E-state index in [2.05, 4.69) is 17.7 Å². The lowest BCUT2D eigenvalue weighted by Crippen LogP contribution is -2.41. The van der Waals surface area contributed by atoms with Gasteiger partial charge in [0.1, 0.15) is 6.54 Å². The smallest absolute Gasteiger partial charge is 0.254 e. The van der Waals surface area contributed by atoms with Gasteiger partial charge in [0.2, 0.25) is 5.91 Å². The van der Waals surface area contributed by atoms with E-state index < -0.39 is 17.7 Å². The van der Waals surface area contributed by atoms with Crippen LogP contribution in [0.5, 0.6) is 0 Å². The third kappa shape index (κ3) is 32.2. The fourth-order valence-electron chi connectivity index (χ4n) is 3.70. The molecule has 1 aliphatic heterocycles. The summed E-state index contributed by atoms with van der Waals surface area (Å²) in [6.07, 6.45) is 3.30. The largest absolute Gasteiger partial charge is 0.377 e. The fraction of sp³-hybridized carbons (Fsp3) is 0.848. The average molecular weight is 740 g/mol. The van der Waals surface area contributed by atoms with E-state index in [4.69, 9.17) is 56.9 Å². The number of rotatable bonds is 41. The van der Waals surface area contributed by atoms with E-state index in [9.17, 15) is 14.4 Å². The number of ether oxygens (including phenoxy) is 11. The molecule has 2 N–H and O–H groups in total. The van der Waals surface area contributed by atoms with Crippen molar-refractivity contribution >= 4 is 17.7 Å². The van der Waals surface area contributed by atoms with Gasteiger partial charge in [-0.25, -0.2) is 5.48 Å². The Morgan fingerprint density at radius 2 is 0.765 bits per heavy atom. The summed E-state index contributed by atoms with van der Waals surface area (Å²) in [5.41, 5.74) is 2.84. The molecule has 0 fully saturated rings. The number of hydrogen-bond acceptors (Lipinski definition) is 16. The molecule has 0 radical (unpaired) electrons. The Hall–Kier alpha value is -2.17. The first-order valence-electron chi connectivity index (χ1n) is 17.6. The Balaban J connectivity index is 1.63. The van der Waals surface area contributed by atoms with Crippen molar-refractivity contribution in [3.8, 4) is 0 Å². The van der Waals surface area contributed by atoms with E-state index in [1.807, 2.05) is 0 Å². The zero-order chi connectivity index (χ0) is 36.7. The molecule has 0 bridgehead atoms. The van der Waals surface area contributed by atoms with Crippen molar-refractivity contribution in [2.24, 2.45) is 0 Å². The predicted molar refractivity (Wildman–Crippen MR) is 182 cm³/mol. The maximum Gasteiger partial charge on any atom is 0.254 e. The lowest BCUT2D eigenvalue weighted by atomic mass is 10.4. The summed E-state index contributed by atoms with van der Waals surface area (Å²) in [5.74, 6) is -1.41. The summed E-state index contributed by atoms with van der Waals surface area (Å²) in [6, 6.07) is 0. The molecule has 0 aromatic carbocycles. The van der Waals surface area contributed by atoms with Crippen LogP contribution in [0.25, 0.3) is 0 Å². The van der Waals surface area contributed by atoms with Crippen molar-refractivity contribution in [1.82, 2.24) is 15.7 Å². The second-order valence-corrected chi connectivity index (χ2v) is 10.4. The minimum absolute atomic E-state index is 0.265. The molecule has 1 heterocycles. The van der Waals surface area contributed by atoms with Crippen molar-refractivity contribution < 1.29 is 71.3 Å². The summed E-state index contributed by atoms with van der Waals surface area (Å²) in [5, 5.41) is 2.59. The molecule has 0 spiro atoms. The molecular formula is C33H61N3O15. The van der Waals surface area contributed by atoms with Gasteiger partial charge in [-0.1, -0.05) is 6.92 Å². The van der Waals surface area contributed by atoms with Gasteiger partial charge in [-0.15, -0.1) is 0 Å². The van der Waals surface area contributed by atoms with E-state index in [1.165, 1.54) is 0 Å². The number of carbonyl (C=O) groups excluding carboxylic acids is 3. The molecule has 0 aromatic heterocycles. The second kappa shape index (κ2) is 37.6. The molecule has 18 nitrogen and oxygen atoms in total. The van der Waals surface area contributed by atoms with E-state index in [-0.39, 0.29) is 19.7 Å². The Morgan fingerprint density at radius 3 is 1.08 bits per heavy atom. The first-order valence-corrected chi connectivity index (χ1v) is 17.6. The molecule has 1 rings (SSSR count). The molecule has 51 heavy (non-hydrogen) atoms. The maximum atomic E-state index is 11.8. The van der Waals surface area contributed by atoms with Gasteiger partial charge in [-0.2, -0.15) is 0 Å². The van der Waals surface area contributed by atoms with Crippen molar-refractivity contribution in [2.45, 2.75) is 13.3 Å². The number of amides is 3. The number of hydroxylamine groups is 1. The highest BCUT2D eigenvalue weighted by Gasteiger charge is 2.25. The molecule has 18 heteroatoms. The number of hydrogen-bond donors (Lipinski definition) is 2. The molecule has 0 aromatic rings. The fourth-order valence-corrected chi connectivity index (χ4v) is 3.70. The molecule has 0 unspecified atom stereocenters. The Labute approximate surface area is 301 Å². The van der Waals surface area contributed by atoms with Crippen molar-refractivity contribution in [3.63, 3.8) is 0 Å². The second-order valence-electron chi connectivity index (χ2n) is 10.4. The monoisotopic (exact) mass is 739 g/mol. The molecular weight excluding hydrogens is 678 g/mol. The molecule has 0 saturated heterocycles. The Bertz CT molecular complexity index is 838. The van der Waals surface area contributed by atoms with Crippen LogP contribution in [0.1, 0.15) is 13.3 Å². The van der Waals surface area contributed by atoms with Crippen LogP contribution in [0.3, 0.4) is 0 Å². The molecule has 0 saturated carbocycles. The zero-order valence-corrected chi connectivity index (χ0v) is 30.3. The SMILES string of the molecule is CCCNOCCOCCOCCOCCOCCOCCOCCOCCOCCOCCOCCOCCNC(=O)CN1C(=O)C=CC1=O. The number of nitrogens with zero attached hydrogens (tertiary/aromatic N) is 1. The van der Waals surface area contributed by atoms with Crippen LogP contribution in [0.2, 0.25) is 0 Å². The van der Waals surface area contributed by atoms with E-state index in [1.54, 1.807) is 0 Å². The van der Waals surface area contributed by atoms with Crippen LogP contribution >= 0.6 is 0 Å². The zero-order valence-electron chi connectivity index (χ0n) is 30.3. The summed E-state index contributed by atoms with van der Waals surface area (Å²) in [7, 11) is 0. The molecule has 0 aliphatic carbocycles. The minimum atomic E-state index is -0.491. The quantitative estimate of drug-likeness (QED) is 0.0448. The first kappa shape index (κ1) is 46.9. The van der Waals surface area contributed by atoms with E-state index >= 15 is 0 Å². The van der Waals surface area contributed by atoms with E-state index in [0.29, 0.717) is 145 Å².